The van der Waals surface area contributed by atoms with Gasteiger partial charge in [0.05, 0.1) is 25.4 Å². The van der Waals surface area contributed by atoms with Crippen molar-refractivity contribution in [2.24, 2.45) is 10.9 Å². The summed E-state index contributed by atoms with van der Waals surface area (Å²) in [4.78, 5) is 10.2. The van der Waals surface area contributed by atoms with Crippen LogP contribution in [0.1, 0.15) is 65.7 Å². The van der Waals surface area contributed by atoms with Gasteiger partial charge in [-0.05, 0) is 70.9 Å². The summed E-state index contributed by atoms with van der Waals surface area (Å²) in [6.07, 6.45) is 9.17. The number of aliphatic imine (C=N–C) groups is 1. The van der Waals surface area contributed by atoms with Gasteiger partial charge in [-0.3, -0.25) is 9.89 Å². The van der Waals surface area contributed by atoms with Crippen LogP contribution in [0.3, 0.4) is 0 Å². The zero-order chi connectivity index (χ0) is 20.5. The lowest BCUT2D eigenvalue weighted by Crippen LogP contribution is -2.48. The lowest BCUT2D eigenvalue weighted by molar-refractivity contribution is -0.0721. The maximum atomic E-state index is 6.19. The molecule has 0 aliphatic carbocycles. The van der Waals surface area contributed by atoms with E-state index >= 15 is 0 Å². The van der Waals surface area contributed by atoms with Gasteiger partial charge in [-0.15, -0.1) is 24.0 Å². The van der Waals surface area contributed by atoms with Gasteiger partial charge >= 0.3 is 0 Å². The molecule has 0 saturated carbocycles. The van der Waals surface area contributed by atoms with E-state index in [0.717, 1.165) is 64.6 Å². The SMILES string of the molecule is CCNC(=NCC(C(C)C)N1CCCC1)N1CCC(OCC2CCCCO2)CC1.I. The number of likely N-dealkylation sites (tertiary alicyclic amines) is 2. The third kappa shape index (κ3) is 8.10. The highest BCUT2D eigenvalue weighted by molar-refractivity contribution is 14.0. The molecule has 0 aromatic heterocycles. The number of piperidine rings is 1. The maximum absolute atomic E-state index is 6.19. The van der Waals surface area contributed by atoms with Gasteiger partial charge in [0.25, 0.3) is 0 Å². The largest absolute Gasteiger partial charge is 0.376 e. The Bertz CT molecular complexity index is 486. The van der Waals surface area contributed by atoms with Gasteiger partial charge in [-0.25, -0.2) is 0 Å². The van der Waals surface area contributed by atoms with Gasteiger partial charge in [-0.1, -0.05) is 13.8 Å². The number of guanidine groups is 1. The first-order valence-corrected chi connectivity index (χ1v) is 12.2. The molecule has 176 valence electrons. The first-order chi connectivity index (χ1) is 14.2. The van der Waals surface area contributed by atoms with Crippen LogP contribution >= 0.6 is 24.0 Å². The Kier molecular flexibility index (Phi) is 12.3. The average Bonchev–Trinajstić information content (AvgIpc) is 3.27. The molecular formula is C23H45IN4O2. The molecule has 0 amide bonds. The van der Waals surface area contributed by atoms with Crippen LogP contribution in [0.2, 0.25) is 0 Å². The summed E-state index contributed by atoms with van der Waals surface area (Å²) in [6.45, 7) is 14.9. The topological polar surface area (TPSA) is 49.3 Å². The third-order valence-corrected chi connectivity index (χ3v) is 6.68. The van der Waals surface area contributed by atoms with Crippen molar-refractivity contribution in [3.8, 4) is 0 Å². The molecule has 0 radical (unpaired) electrons. The fourth-order valence-electron chi connectivity index (χ4n) is 4.84. The molecule has 3 heterocycles. The van der Waals surface area contributed by atoms with E-state index in [1.54, 1.807) is 0 Å². The van der Waals surface area contributed by atoms with Gasteiger partial charge in [0.15, 0.2) is 5.96 Å². The molecule has 3 aliphatic heterocycles. The van der Waals surface area contributed by atoms with Crippen molar-refractivity contribution in [3.63, 3.8) is 0 Å². The van der Waals surface area contributed by atoms with Crippen LogP contribution in [0.5, 0.6) is 0 Å². The van der Waals surface area contributed by atoms with Crippen molar-refractivity contribution >= 4 is 29.9 Å². The van der Waals surface area contributed by atoms with E-state index in [4.69, 9.17) is 14.5 Å². The Morgan fingerprint density at radius 3 is 2.40 bits per heavy atom. The summed E-state index contributed by atoms with van der Waals surface area (Å²) >= 11 is 0. The molecule has 0 aromatic carbocycles. The molecule has 0 bridgehead atoms. The molecule has 30 heavy (non-hydrogen) atoms. The van der Waals surface area contributed by atoms with Gasteiger partial charge in [-0.2, -0.15) is 0 Å². The molecule has 3 saturated heterocycles. The van der Waals surface area contributed by atoms with Crippen LogP contribution in [0, 0.1) is 5.92 Å². The second-order valence-corrected chi connectivity index (χ2v) is 9.26. The van der Waals surface area contributed by atoms with E-state index in [0.29, 0.717) is 24.2 Å². The minimum atomic E-state index is 0. The van der Waals surface area contributed by atoms with E-state index in [-0.39, 0.29) is 24.0 Å². The van der Waals surface area contributed by atoms with Crippen LogP contribution in [-0.4, -0.2) is 86.5 Å². The fraction of sp³-hybridized carbons (Fsp3) is 0.957. The number of rotatable bonds is 8. The monoisotopic (exact) mass is 536 g/mol. The number of ether oxygens (including phenoxy) is 2. The van der Waals surface area contributed by atoms with Crippen LogP contribution in [0.15, 0.2) is 4.99 Å². The molecule has 0 aromatic rings. The molecule has 7 heteroatoms. The van der Waals surface area contributed by atoms with Crippen LogP contribution in [0.25, 0.3) is 0 Å². The summed E-state index contributed by atoms with van der Waals surface area (Å²) in [5.41, 5.74) is 0. The van der Waals surface area contributed by atoms with Crippen molar-refractivity contribution in [2.45, 2.75) is 84.0 Å². The molecule has 2 atom stereocenters. The first kappa shape index (κ1) is 26.1. The minimum Gasteiger partial charge on any atom is -0.376 e. The maximum Gasteiger partial charge on any atom is 0.193 e. The molecule has 2 unspecified atom stereocenters. The van der Waals surface area contributed by atoms with Crippen molar-refractivity contribution < 1.29 is 9.47 Å². The van der Waals surface area contributed by atoms with E-state index < -0.39 is 0 Å². The molecule has 6 nitrogen and oxygen atoms in total. The highest BCUT2D eigenvalue weighted by atomic mass is 127. The normalized spacial score (nSPS) is 25.4. The number of nitrogens with one attached hydrogen (secondary N) is 1. The highest BCUT2D eigenvalue weighted by Gasteiger charge is 2.26. The van der Waals surface area contributed by atoms with Crippen molar-refractivity contribution in [3.05, 3.63) is 0 Å². The summed E-state index contributed by atoms with van der Waals surface area (Å²) in [6, 6.07) is 0.558. The molecule has 3 rings (SSSR count). The van der Waals surface area contributed by atoms with Crippen LogP contribution in [0.4, 0.5) is 0 Å². The third-order valence-electron chi connectivity index (χ3n) is 6.68. The lowest BCUT2D eigenvalue weighted by Gasteiger charge is -2.35. The van der Waals surface area contributed by atoms with Gasteiger partial charge in [0.1, 0.15) is 0 Å². The predicted molar refractivity (Wildman–Crippen MR) is 135 cm³/mol. The summed E-state index contributed by atoms with van der Waals surface area (Å²) in [5, 5.41) is 3.53. The Morgan fingerprint density at radius 2 is 1.80 bits per heavy atom. The number of halogens is 1. The van der Waals surface area contributed by atoms with E-state index in [2.05, 4.69) is 35.9 Å². The average molecular weight is 537 g/mol. The quantitative estimate of drug-likeness (QED) is 0.291. The number of nitrogens with zero attached hydrogens (tertiary/aromatic N) is 3. The summed E-state index contributed by atoms with van der Waals surface area (Å²) < 4.78 is 12.0. The number of hydrogen-bond acceptors (Lipinski definition) is 4. The molecular weight excluding hydrogens is 491 g/mol. The van der Waals surface area contributed by atoms with Gasteiger partial charge < -0.3 is 19.7 Å². The zero-order valence-electron chi connectivity index (χ0n) is 19.5. The van der Waals surface area contributed by atoms with Gasteiger partial charge in [0, 0.05) is 32.3 Å². The van der Waals surface area contributed by atoms with E-state index in [1.165, 1.54) is 38.8 Å². The Hall–Kier alpha value is -0.120. The first-order valence-electron chi connectivity index (χ1n) is 12.2. The molecule has 1 N–H and O–H groups in total. The fourth-order valence-corrected chi connectivity index (χ4v) is 4.84. The van der Waals surface area contributed by atoms with Crippen molar-refractivity contribution in [2.75, 3.05) is 52.5 Å². The molecule has 3 aliphatic rings. The highest BCUT2D eigenvalue weighted by Crippen LogP contribution is 2.20. The van der Waals surface area contributed by atoms with Crippen molar-refractivity contribution in [1.29, 1.82) is 0 Å². The Morgan fingerprint density at radius 1 is 1.07 bits per heavy atom. The molecule has 0 spiro atoms. The Labute approximate surface area is 201 Å². The zero-order valence-corrected chi connectivity index (χ0v) is 21.8. The lowest BCUT2D eigenvalue weighted by atomic mass is 10.0. The van der Waals surface area contributed by atoms with Crippen LogP contribution in [-0.2, 0) is 9.47 Å². The van der Waals surface area contributed by atoms with Crippen molar-refractivity contribution in [1.82, 2.24) is 15.1 Å². The molecule has 3 fully saturated rings. The van der Waals surface area contributed by atoms with E-state index in [9.17, 15) is 0 Å². The smallest absolute Gasteiger partial charge is 0.193 e. The van der Waals surface area contributed by atoms with Gasteiger partial charge in [0.2, 0.25) is 0 Å². The van der Waals surface area contributed by atoms with Crippen LogP contribution < -0.4 is 5.32 Å². The Balaban J connectivity index is 0.00000320. The number of hydrogen-bond donors (Lipinski definition) is 1. The van der Waals surface area contributed by atoms with E-state index in [1.807, 2.05) is 0 Å². The summed E-state index contributed by atoms with van der Waals surface area (Å²) in [5.74, 6) is 1.73. The second kappa shape index (κ2) is 14.1. The summed E-state index contributed by atoms with van der Waals surface area (Å²) in [7, 11) is 0. The standard InChI is InChI=1S/C23H44N4O2.HI/c1-4-24-23(25-17-22(19(2)3)26-12-6-7-13-26)27-14-10-20(11-15-27)29-18-21-9-5-8-16-28-21;/h19-22H,4-18H2,1-3H3,(H,24,25);1H. The predicted octanol–water partition coefficient (Wildman–Crippen LogP) is 3.74. The minimum absolute atomic E-state index is 0. The second-order valence-electron chi connectivity index (χ2n) is 9.26.